The van der Waals surface area contributed by atoms with Gasteiger partial charge in [-0.15, -0.1) is 0 Å². The minimum absolute atomic E-state index is 0.0370. The van der Waals surface area contributed by atoms with E-state index in [-0.39, 0.29) is 17.9 Å². The Morgan fingerprint density at radius 2 is 2.40 bits per heavy atom. The molecule has 0 aromatic rings. The molecule has 58 valence electrons. The number of carbonyl (C=O) groups is 1. The van der Waals surface area contributed by atoms with Crippen molar-refractivity contribution in [2.45, 2.75) is 13.0 Å². The number of nitrogens with one attached hydrogen (secondary N) is 2. The van der Waals surface area contributed by atoms with E-state index in [1.807, 2.05) is 6.92 Å². The zero-order valence-corrected chi connectivity index (χ0v) is 6.18. The Hall–Kier alpha value is -0.610. The summed E-state index contributed by atoms with van der Waals surface area (Å²) in [6.45, 7) is 2.61. The maximum Gasteiger partial charge on any atom is 0.311 e. The van der Waals surface area contributed by atoms with E-state index in [9.17, 15) is 4.79 Å². The van der Waals surface area contributed by atoms with Gasteiger partial charge in [0, 0.05) is 12.6 Å². The summed E-state index contributed by atoms with van der Waals surface area (Å²) in [5.74, 6) is -0.185. The molecule has 10 heavy (non-hydrogen) atoms. The average Bonchev–Trinajstić information content (AvgIpc) is 2.34. The van der Waals surface area contributed by atoms with E-state index in [1.54, 1.807) is 0 Å². The van der Waals surface area contributed by atoms with Crippen LogP contribution in [0.2, 0.25) is 0 Å². The van der Waals surface area contributed by atoms with Gasteiger partial charge in [0.15, 0.2) is 0 Å². The summed E-state index contributed by atoms with van der Waals surface area (Å²) in [4.78, 5) is 10.9. The van der Waals surface area contributed by atoms with E-state index < -0.39 is 0 Å². The molecule has 1 heterocycles. The quantitative estimate of drug-likeness (QED) is 0.476. The largest absolute Gasteiger partial charge is 0.469 e. The molecule has 1 saturated heterocycles. The second-order valence-corrected chi connectivity index (χ2v) is 2.44. The summed E-state index contributed by atoms with van der Waals surface area (Å²) in [7, 11) is 1.41. The van der Waals surface area contributed by atoms with Gasteiger partial charge in [0.05, 0.1) is 13.0 Å². The second kappa shape index (κ2) is 2.98. The molecule has 4 heteroatoms. The first-order chi connectivity index (χ1) is 4.75. The predicted octanol–water partition coefficient (Wildman–Crippen LogP) is -0.728. The van der Waals surface area contributed by atoms with Crippen LogP contribution < -0.4 is 10.9 Å². The maximum atomic E-state index is 10.9. The van der Waals surface area contributed by atoms with E-state index in [0.29, 0.717) is 6.54 Å². The van der Waals surface area contributed by atoms with Gasteiger partial charge in [-0.25, -0.2) is 0 Å². The van der Waals surface area contributed by atoms with Crippen LogP contribution >= 0.6 is 0 Å². The second-order valence-electron chi connectivity index (χ2n) is 2.44. The molecule has 2 unspecified atom stereocenters. The van der Waals surface area contributed by atoms with Crippen molar-refractivity contribution in [3.05, 3.63) is 0 Å². The molecule has 1 rings (SSSR count). The smallest absolute Gasteiger partial charge is 0.311 e. The number of hydrogen-bond donors (Lipinski definition) is 2. The monoisotopic (exact) mass is 144 g/mol. The molecule has 0 amide bonds. The van der Waals surface area contributed by atoms with Gasteiger partial charge >= 0.3 is 5.97 Å². The Bertz CT molecular complexity index is 138. The number of hydrogen-bond acceptors (Lipinski definition) is 4. The normalized spacial score (nSPS) is 32.2. The highest BCUT2D eigenvalue weighted by atomic mass is 16.5. The number of carbonyl (C=O) groups excluding carboxylic acids is 1. The third-order valence-electron chi connectivity index (χ3n) is 1.76. The lowest BCUT2D eigenvalue weighted by atomic mass is 10.1. The van der Waals surface area contributed by atoms with E-state index in [0.717, 1.165) is 0 Å². The molecule has 0 bridgehead atoms. The topological polar surface area (TPSA) is 50.4 Å². The first kappa shape index (κ1) is 7.50. The molecule has 2 atom stereocenters. The third kappa shape index (κ3) is 1.27. The molecule has 0 spiro atoms. The number of methoxy groups -OCH3 is 1. The summed E-state index contributed by atoms with van der Waals surface area (Å²) in [6, 6.07) is 0.174. The first-order valence-electron chi connectivity index (χ1n) is 3.32. The summed E-state index contributed by atoms with van der Waals surface area (Å²) >= 11 is 0. The fourth-order valence-electron chi connectivity index (χ4n) is 1.05. The number of esters is 1. The van der Waals surface area contributed by atoms with E-state index in [1.165, 1.54) is 7.11 Å². The van der Waals surface area contributed by atoms with Crippen LogP contribution in [-0.4, -0.2) is 25.7 Å². The molecule has 0 aromatic carbocycles. The highest BCUT2D eigenvalue weighted by Crippen LogP contribution is 2.07. The van der Waals surface area contributed by atoms with Crippen molar-refractivity contribution in [2.24, 2.45) is 5.92 Å². The van der Waals surface area contributed by atoms with Crippen molar-refractivity contribution in [3.8, 4) is 0 Å². The van der Waals surface area contributed by atoms with Crippen molar-refractivity contribution in [1.29, 1.82) is 0 Å². The van der Waals surface area contributed by atoms with Gasteiger partial charge in [0.2, 0.25) is 0 Å². The minimum atomic E-state index is -0.148. The Morgan fingerprint density at radius 3 is 2.80 bits per heavy atom. The third-order valence-corrected chi connectivity index (χ3v) is 1.76. The molecule has 0 aromatic heterocycles. The summed E-state index contributed by atoms with van der Waals surface area (Å²) in [5, 5.41) is 0. The van der Waals surface area contributed by atoms with Gasteiger partial charge < -0.3 is 4.74 Å². The number of hydrazine groups is 1. The highest BCUT2D eigenvalue weighted by Gasteiger charge is 2.29. The fourth-order valence-corrected chi connectivity index (χ4v) is 1.05. The van der Waals surface area contributed by atoms with Crippen LogP contribution in [0.3, 0.4) is 0 Å². The average molecular weight is 144 g/mol. The van der Waals surface area contributed by atoms with Crippen molar-refractivity contribution < 1.29 is 9.53 Å². The predicted molar refractivity (Wildman–Crippen MR) is 36.1 cm³/mol. The Balaban J connectivity index is 2.46. The minimum Gasteiger partial charge on any atom is -0.469 e. The fraction of sp³-hybridized carbons (Fsp3) is 0.833. The Kier molecular flexibility index (Phi) is 2.24. The van der Waals surface area contributed by atoms with Gasteiger partial charge in [-0.3, -0.25) is 15.6 Å². The van der Waals surface area contributed by atoms with Crippen molar-refractivity contribution in [3.63, 3.8) is 0 Å². The van der Waals surface area contributed by atoms with Gasteiger partial charge in [0.25, 0.3) is 0 Å². The van der Waals surface area contributed by atoms with Crippen LogP contribution in [0.15, 0.2) is 0 Å². The molecule has 1 aliphatic rings. The van der Waals surface area contributed by atoms with Gasteiger partial charge in [-0.2, -0.15) is 0 Å². The Morgan fingerprint density at radius 1 is 1.70 bits per heavy atom. The molecule has 1 aliphatic heterocycles. The zero-order chi connectivity index (χ0) is 7.56. The molecular weight excluding hydrogens is 132 g/mol. The van der Waals surface area contributed by atoms with Crippen LogP contribution in [0.1, 0.15) is 6.92 Å². The van der Waals surface area contributed by atoms with E-state index in [2.05, 4.69) is 15.6 Å². The first-order valence-corrected chi connectivity index (χ1v) is 3.32. The lowest BCUT2D eigenvalue weighted by Gasteiger charge is -2.09. The molecule has 2 N–H and O–H groups in total. The van der Waals surface area contributed by atoms with Crippen molar-refractivity contribution in [1.82, 2.24) is 10.9 Å². The summed E-state index contributed by atoms with van der Waals surface area (Å²) in [5.41, 5.74) is 5.82. The van der Waals surface area contributed by atoms with Crippen molar-refractivity contribution in [2.75, 3.05) is 13.7 Å². The van der Waals surface area contributed by atoms with Gasteiger partial charge in [0.1, 0.15) is 0 Å². The van der Waals surface area contributed by atoms with Crippen LogP contribution in [-0.2, 0) is 9.53 Å². The lowest BCUT2D eigenvalue weighted by Crippen LogP contribution is -2.31. The van der Waals surface area contributed by atoms with E-state index in [4.69, 9.17) is 0 Å². The van der Waals surface area contributed by atoms with Gasteiger partial charge in [-0.05, 0) is 6.92 Å². The number of ether oxygens (including phenoxy) is 1. The highest BCUT2D eigenvalue weighted by molar-refractivity contribution is 5.73. The summed E-state index contributed by atoms with van der Waals surface area (Å²) < 4.78 is 4.59. The van der Waals surface area contributed by atoms with Crippen LogP contribution in [0.25, 0.3) is 0 Å². The summed E-state index contributed by atoms with van der Waals surface area (Å²) in [6.07, 6.45) is 0. The van der Waals surface area contributed by atoms with Crippen LogP contribution in [0, 0.1) is 5.92 Å². The molecule has 0 aliphatic carbocycles. The molecular formula is C6H12N2O2. The maximum absolute atomic E-state index is 10.9. The van der Waals surface area contributed by atoms with Crippen LogP contribution in [0.4, 0.5) is 0 Å². The SMILES string of the molecule is COC(=O)C1CNNC1C. The molecule has 0 saturated carbocycles. The van der Waals surface area contributed by atoms with Crippen LogP contribution in [0.5, 0.6) is 0 Å². The number of rotatable bonds is 1. The standard InChI is InChI=1S/C6H12N2O2/c1-4-5(3-7-8-4)6(9)10-2/h4-5,7-8H,3H2,1-2H3. The Labute approximate surface area is 59.9 Å². The van der Waals surface area contributed by atoms with E-state index >= 15 is 0 Å². The molecule has 1 fully saturated rings. The molecule has 4 nitrogen and oxygen atoms in total. The van der Waals surface area contributed by atoms with Crippen molar-refractivity contribution >= 4 is 5.97 Å². The molecule has 0 radical (unpaired) electrons. The zero-order valence-electron chi connectivity index (χ0n) is 6.18. The lowest BCUT2D eigenvalue weighted by molar-refractivity contribution is -0.145. The van der Waals surface area contributed by atoms with Gasteiger partial charge in [-0.1, -0.05) is 0 Å².